The Morgan fingerprint density at radius 3 is 2.17 bits per heavy atom. The SMILES string of the molecule is COc1cc(OC)nc(NC(=O)NS(=O)(=O)O)n1. The first-order valence-electron chi connectivity index (χ1n) is 4.37. The largest absolute Gasteiger partial charge is 0.481 e. The van der Waals surface area contributed by atoms with Crippen LogP contribution in [-0.2, 0) is 10.3 Å². The van der Waals surface area contributed by atoms with Gasteiger partial charge in [-0.1, -0.05) is 0 Å². The molecule has 0 aliphatic carbocycles. The molecule has 11 heteroatoms. The van der Waals surface area contributed by atoms with Gasteiger partial charge in [0.25, 0.3) is 0 Å². The van der Waals surface area contributed by atoms with E-state index < -0.39 is 16.3 Å². The van der Waals surface area contributed by atoms with E-state index in [1.54, 1.807) is 0 Å². The maximum atomic E-state index is 11.1. The van der Waals surface area contributed by atoms with Crippen LogP contribution in [0, 0.1) is 0 Å². The molecule has 0 fully saturated rings. The zero-order chi connectivity index (χ0) is 13.8. The van der Waals surface area contributed by atoms with E-state index in [1.165, 1.54) is 25.0 Å². The van der Waals surface area contributed by atoms with E-state index in [2.05, 4.69) is 9.97 Å². The molecule has 100 valence electrons. The molecule has 0 aliphatic rings. The van der Waals surface area contributed by atoms with Crippen LogP contribution in [-0.4, -0.2) is 43.2 Å². The highest BCUT2D eigenvalue weighted by Gasteiger charge is 2.13. The molecular weight excluding hydrogens is 268 g/mol. The van der Waals surface area contributed by atoms with Gasteiger partial charge in [-0.2, -0.15) is 18.4 Å². The fraction of sp³-hybridized carbons (Fsp3) is 0.286. The fourth-order valence-electron chi connectivity index (χ4n) is 0.913. The number of nitrogens with zero attached hydrogens (tertiary/aromatic N) is 2. The highest BCUT2D eigenvalue weighted by Crippen LogP contribution is 2.16. The Morgan fingerprint density at radius 1 is 1.28 bits per heavy atom. The molecule has 1 aromatic heterocycles. The lowest BCUT2D eigenvalue weighted by atomic mass is 10.6. The van der Waals surface area contributed by atoms with Crippen molar-refractivity contribution < 1.29 is 27.2 Å². The third-order valence-corrected chi connectivity index (χ3v) is 1.99. The molecule has 0 radical (unpaired) electrons. The number of urea groups is 1. The van der Waals surface area contributed by atoms with Gasteiger partial charge < -0.3 is 9.47 Å². The van der Waals surface area contributed by atoms with Crippen LogP contribution in [0.5, 0.6) is 11.8 Å². The van der Waals surface area contributed by atoms with Crippen molar-refractivity contribution in [1.29, 1.82) is 0 Å². The van der Waals surface area contributed by atoms with E-state index in [9.17, 15) is 13.2 Å². The number of ether oxygens (including phenoxy) is 2. The van der Waals surface area contributed by atoms with Crippen LogP contribution < -0.4 is 19.5 Å². The van der Waals surface area contributed by atoms with Crippen molar-refractivity contribution in [3.8, 4) is 11.8 Å². The van der Waals surface area contributed by atoms with Crippen LogP contribution >= 0.6 is 0 Å². The lowest BCUT2D eigenvalue weighted by molar-refractivity contribution is 0.255. The Labute approximate surface area is 102 Å². The lowest BCUT2D eigenvalue weighted by Crippen LogP contribution is -2.34. The van der Waals surface area contributed by atoms with Crippen LogP contribution in [0.15, 0.2) is 6.07 Å². The molecule has 2 amide bonds. The van der Waals surface area contributed by atoms with Gasteiger partial charge in [-0.05, 0) is 0 Å². The molecule has 0 atom stereocenters. The van der Waals surface area contributed by atoms with E-state index in [4.69, 9.17) is 14.0 Å². The van der Waals surface area contributed by atoms with E-state index in [1.807, 2.05) is 5.32 Å². The first-order chi connectivity index (χ1) is 8.34. The number of hydrogen-bond acceptors (Lipinski definition) is 7. The first kappa shape index (κ1) is 13.9. The highest BCUT2D eigenvalue weighted by molar-refractivity contribution is 7.84. The number of aromatic nitrogens is 2. The molecule has 0 bridgehead atoms. The number of carbonyl (C=O) groups is 1. The Hall–Kier alpha value is -2.14. The third-order valence-electron chi connectivity index (χ3n) is 1.54. The van der Waals surface area contributed by atoms with Gasteiger partial charge in [-0.3, -0.25) is 9.87 Å². The van der Waals surface area contributed by atoms with Gasteiger partial charge in [-0.15, -0.1) is 0 Å². The van der Waals surface area contributed by atoms with Crippen molar-refractivity contribution in [2.24, 2.45) is 0 Å². The van der Waals surface area contributed by atoms with E-state index in [0.717, 1.165) is 0 Å². The second-order valence-corrected chi connectivity index (χ2v) is 3.96. The average Bonchev–Trinajstić information content (AvgIpc) is 2.25. The summed E-state index contributed by atoms with van der Waals surface area (Å²) in [6, 6.07) is 0.124. The van der Waals surface area contributed by atoms with Gasteiger partial charge in [-0.25, -0.2) is 9.52 Å². The van der Waals surface area contributed by atoms with Crippen LogP contribution in [0.25, 0.3) is 0 Å². The smallest absolute Gasteiger partial charge is 0.361 e. The minimum Gasteiger partial charge on any atom is -0.481 e. The lowest BCUT2D eigenvalue weighted by Gasteiger charge is -2.07. The van der Waals surface area contributed by atoms with Crippen LogP contribution in [0.3, 0.4) is 0 Å². The minimum atomic E-state index is -4.65. The number of hydrogen-bond donors (Lipinski definition) is 3. The number of amides is 2. The summed E-state index contributed by atoms with van der Waals surface area (Å²) in [6.45, 7) is 0. The van der Waals surface area contributed by atoms with Crippen molar-refractivity contribution in [2.45, 2.75) is 0 Å². The molecule has 1 aromatic rings. The summed E-state index contributed by atoms with van der Waals surface area (Å²) in [7, 11) is -1.98. The summed E-state index contributed by atoms with van der Waals surface area (Å²) in [5, 5.41) is 1.98. The van der Waals surface area contributed by atoms with Crippen LogP contribution in [0.2, 0.25) is 0 Å². The van der Waals surface area contributed by atoms with Crippen molar-refractivity contribution in [2.75, 3.05) is 19.5 Å². The number of anilines is 1. The standard InChI is InChI=1S/C7H10N4O6S/c1-16-4-3-5(17-2)9-6(8-4)10-7(12)11-18(13,14)15/h3H,1-2H3,(H,13,14,15)(H2,8,9,10,11,12). The van der Waals surface area contributed by atoms with Gasteiger partial charge in [0.15, 0.2) is 0 Å². The molecular formula is C7H10N4O6S. The Bertz CT molecular complexity index is 523. The molecule has 0 aliphatic heterocycles. The number of rotatable bonds is 4. The molecule has 0 spiro atoms. The predicted octanol–water partition coefficient (Wildman–Crippen LogP) is -0.582. The second kappa shape index (κ2) is 5.46. The van der Waals surface area contributed by atoms with Gasteiger partial charge in [0, 0.05) is 0 Å². The molecule has 1 rings (SSSR count). The summed E-state index contributed by atoms with van der Waals surface area (Å²) >= 11 is 0. The molecule has 10 nitrogen and oxygen atoms in total. The molecule has 18 heavy (non-hydrogen) atoms. The van der Waals surface area contributed by atoms with Crippen molar-refractivity contribution in [1.82, 2.24) is 14.7 Å². The molecule has 0 saturated carbocycles. The fourth-order valence-corrected chi connectivity index (χ4v) is 1.20. The minimum absolute atomic E-state index is 0.101. The summed E-state index contributed by atoms with van der Waals surface area (Å²) in [5.41, 5.74) is 0. The molecule has 3 N–H and O–H groups in total. The number of nitrogens with one attached hydrogen (secondary N) is 2. The summed E-state index contributed by atoms with van der Waals surface area (Å²) in [5.74, 6) is -0.0552. The first-order valence-corrected chi connectivity index (χ1v) is 5.81. The normalized spacial score (nSPS) is 10.6. The summed E-state index contributed by atoms with van der Waals surface area (Å²) < 4.78 is 40.0. The van der Waals surface area contributed by atoms with Crippen molar-refractivity contribution in [3.63, 3.8) is 0 Å². The summed E-state index contributed by atoms with van der Waals surface area (Å²) in [4.78, 5) is 18.5. The van der Waals surface area contributed by atoms with Gasteiger partial charge >= 0.3 is 16.3 Å². The maximum Gasteiger partial charge on any atom is 0.361 e. The molecule has 0 unspecified atom stereocenters. The van der Waals surface area contributed by atoms with E-state index in [-0.39, 0.29) is 17.7 Å². The van der Waals surface area contributed by atoms with Crippen molar-refractivity contribution in [3.05, 3.63) is 6.07 Å². The Balaban J connectivity index is 2.87. The zero-order valence-corrected chi connectivity index (χ0v) is 10.2. The molecule has 0 saturated heterocycles. The second-order valence-electron chi connectivity index (χ2n) is 2.81. The number of carbonyl (C=O) groups excluding carboxylic acids is 1. The van der Waals surface area contributed by atoms with Gasteiger partial charge in [0.05, 0.1) is 20.3 Å². The molecule has 1 heterocycles. The number of methoxy groups -OCH3 is 2. The topological polar surface area (TPSA) is 140 Å². The van der Waals surface area contributed by atoms with Gasteiger partial charge in [0.1, 0.15) is 0 Å². The zero-order valence-electron chi connectivity index (χ0n) is 9.37. The quantitative estimate of drug-likeness (QED) is 0.621. The van der Waals surface area contributed by atoms with Gasteiger partial charge in [0.2, 0.25) is 17.7 Å². The maximum absolute atomic E-state index is 11.1. The third kappa shape index (κ3) is 4.39. The Morgan fingerprint density at radius 2 is 1.78 bits per heavy atom. The predicted molar refractivity (Wildman–Crippen MR) is 58.8 cm³/mol. The average molecular weight is 278 g/mol. The molecule has 0 aromatic carbocycles. The highest BCUT2D eigenvalue weighted by atomic mass is 32.2. The van der Waals surface area contributed by atoms with Crippen LogP contribution in [0.4, 0.5) is 10.7 Å². The van der Waals surface area contributed by atoms with Crippen molar-refractivity contribution >= 4 is 22.3 Å². The summed E-state index contributed by atoms with van der Waals surface area (Å²) in [6.07, 6.45) is 0. The Kier molecular flexibility index (Phi) is 4.23. The van der Waals surface area contributed by atoms with Crippen LogP contribution in [0.1, 0.15) is 0 Å². The van der Waals surface area contributed by atoms with E-state index in [0.29, 0.717) is 0 Å². The monoisotopic (exact) mass is 278 g/mol. The van der Waals surface area contributed by atoms with E-state index >= 15 is 0 Å².